The summed E-state index contributed by atoms with van der Waals surface area (Å²) < 4.78 is 2.63. The molecule has 0 unspecified atom stereocenters. The maximum Gasteiger partial charge on any atom is 0.0433 e. The molecule has 0 aliphatic rings. The minimum atomic E-state index is 1.04. The van der Waals surface area contributed by atoms with Gasteiger partial charge in [0.15, 0.2) is 0 Å². The molecule has 41 heavy (non-hydrogen) atoms. The second kappa shape index (κ2) is 9.81. The van der Waals surface area contributed by atoms with E-state index in [4.69, 9.17) is 0 Å². The van der Waals surface area contributed by atoms with E-state index in [0.717, 1.165) is 22.7 Å². The number of rotatable bonds is 5. The Labute approximate surface area is 242 Å². The Morgan fingerprint density at radius 3 is 1.61 bits per heavy atom. The van der Waals surface area contributed by atoms with Gasteiger partial charge in [-0.3, -0.25) is 0 Å². The van der Waals surface area contributed by atoms with E-state index < -0.39 is 0 Å². The van der Waals surface area contributed by atoms with E-state index in [1.165, 1.54) is 52.8 Å². The quantitative estimate of drug-likeness (QED) is 0.226. The first-order chi connectivity index (χ1) is 20.3. The van der Waals surface area contributed by atoms with Crippen molar-refractivity contribution in [2.24, 2.45) is 0 Å². The van der Waals surface area contributed by atoms with Crippen LogP contribution in [0.15, 0.2) is 146 Å². The Bertz CT molecular complexity index is 2130. The molecule has 2 N–H and O–H groups in total. The second-order valence-electron chi connectivity index (χ2n) is 10.5. The molecule has 8 aromatic rings. The zero-order chi connectivity index (χ0) is 27.2. The van der Waals surface area contributed by atoms with E-state index in [1.807, 2.05) is 11.3 Å². The zero-order valence-corrected chi connectivity index (χ0v) is 23.1. The molecular formula is C38H26N2S. The minimum absolute atomic E-state index is 1.04. The molecule has 0 saturated carbocycles. The first-order valence-corrected chi connectivity index (χ1v) is 14.7. The topological polar surface area (TPSA) is 24.1 Å². The lowest BCUT2D eigenvalue weighted by atomic mass is 10.0. The SMILES string of the molecule is c1ccc2cc(Nc3cc(Nc4ccc5ccccc5c4)cc(-c4cccc5c4sc4ccccc45)c3)ccc2c1. The van der Waals surface area contributed by atoms with Crippen LogP contribution in [0.5, 0.6) is 0 Å². The van der Waals surface area contributed by atoms with Crippen LogP contribution >= 0.6 is 11.3 Å². The van der Waals surface area contributed by atoms with Crippen molar-refractivity contribution in [2.45, 2.75) is 0 Å². The van der Waals surface area contributed by atoms with Gasteiger partial charge in [-0.05, 0) is 81.2 Å². The fourth-order valence-electron chi connectivity index (χ4n) is 5.77. The summed E-state index contributed by atoms with van der Waals surface area (Å²) in [6, 6.07) is 52.1. The van der Waals surface area contributed by atoms with Gasteiger partial charge < -0.3 is 10.6 Å². The number of thiophene rings is 1. The fraction of sp³-hybridized carbons (Fsp3) is 0. The van der Waals surface area contributed by atoms with Crippen molar-refractivity contribution in [1.29, 1.82) is 0 Å². The molecule has 1 heterocycles. The predicted octanol–water partition coefficient (Wildman–Crippen LogP) is 11.5. The van der Waals surface area contributed by atoms with Gasteiger partial charge in [0.05, 0.1) is 0 Å². The number of fused-ring (bicyclic) bond motifs is 5. The van der Waals surface area contributed by atoms with Crippen LogP contribution in [0.2, 0.25) is 0 Å². The molecule has 194 valence electrons. The Hall–Kier alpha value is -5.12. The Morgan fingerprint density at radius 1 is 0.390 bits per heavy atom. The molecule has 0 aliphatic heterocycles. The molecule has 0 saturated heterocycles. The lowest BCUT2D eigenvalue weighted by Crippen LogP contribution is -1.96. The van der Waals surface area contributed by atoms with Crippen LogP contribution in [-0.4, -0.2) is 0 Å². The van der Waals surface area contributed by atoms with Gasteiger partial charge >= 0.3 is 0 Å². The molecule has 2 nitrogen and oxygen atoms in total. The number of hydrogen-bond acceptors (Lipinski definition) is 3. The summed E-state index contributed by atoms with van der Waals surface area (Å²) in [6.07, 6.45) is 0. The molecule has 3 heteroatoms. The van der Waals surface area contributed by atoms with Crippen molar-refractivity contribution in [3.63, 3.8) is 0 Å². The molecule has 0 atom stereocenters. The van der Waals surface area contributed by atoms with Crippen molar-refractivity contribution < 1.29 is 0 Å². The lowest BCUT2D eigenvalue weighted by molar-refractivity contribution is 1.52. The number of benzene rings is 7. The highest BCUT2D eigenvalue weighted by atomic mass is 32.1. The minimum Gasteiger partial charge on any atom is -0.355 e. The monoisotopic (exact) mass is 542 g/mol. The highest BCUT2D eigenvalue weighted by Crippen LogP contribution is 2.41. The third-order valence-corrected chi connectivity index (χ3v) is 8.94. The van der Waals surface area contributed by atoms with Crippen LogP contribution < -0.4 is 10.6 Å². The van der Waals surface area contributed by atoms with Crippen molar-refractivity contribution in [3.8, 4) is 11.1 Å². The van der Waals surface area contributed by atoms with Gasteiger partial charge in [0.1, 0.15) is 0 Å². The van der Waals surface area contributed by atoms with Crippen LogP contribution in [0, 0.1) is 0 Å². The maximum atomic E-state index is 3.70. The molecule has 1 aromatic heterocycles. The normalized spacial score (nSPS) is 11.4. The van der Waals surface area contributed by atoms with Crippen molar-refractivity contribution in [1.82, 2.24) is 0 Å². The average Bonchev–Trinajstić information content (AvgIpc) is 3.40. The van der Waals surface area contributed by atoms with Gasteiger partial charge in [-0.1, -0.05) is 97.1 Å². The van der Waals surface area contributed by atoms with Gasteiger partial charge in [0.2, 0.25) is 0 Å². The second-order valence-corrected chi connectivity index (χ2v) is 11.5. The third-order valence-electron chi connectivity index (χ3n) is 7.72. The van der Waals surface area contributed by atoms with E-state index in [2.05, 4.69) is 156 Å². The van der Waals surface area contributed by atoms with Crippen molar-refractivity contribution >= 4 is 75.8 Å². The van der Waals surface area contributed by atoms with E-state index in [1.54, 1.807) is 0 Å². The van der Waals surface area contributed by atoms with E-state index >= 15 is 0 Å². The third kappa shape index (κ3) is 4.47. The Balaban J connectivity index is 1.26. The number of nitrogens with one attached hydrogen (secondary N) is 2. The number of hydrogen-bond donors (Lipinski definition) is 2. The summed E-state index contributed by atoms with van der Waals surface area (Å²) in [5.41, 5.74) is 6.64. The molecule has 0 spiro atoms. The van der Waals surface area contributed by atoms with Crippen LogP contribution in [0.4, 0.5) is 22.7 Å². The Kier molecular flexibility index (Phi) is 5.68. The molecule has 0 amide bonds. The van der Waals surface area contributed by atoms with Crippen LogP contribution in [0.25, 0.3) is 52.8 Å². The summed E-state index contributed by atoms with van der Waals surface area (Å²) in [5.74, 6) is 0. The lowest BCUT2D eigenvalue weighted by Gasteiger charge is -2.15. The van der Waals surface area contributed by atoms with Crippen molar-refractivity contribution in [2.75, 3.05) is 10.6 Å². The van der Waals surface area contributed by atoms with E-state index in [0.29, 0.717) is 0 Å². The van der Waals surface area contributed by atoms with Gasteiger partial charge in [-0.2, -0.15) is 0 Å². The van der Waals surface area contributed by atoms with Crippen LogP contribution in [-0.2, 0) is 0 Å². The highest BCUT2D eigenvalue weighted by molar-refractivity contribution is 7.26. The summed E-state index contributed by atoms with van der Waals surface area (Å²) in [7, 11) is 0. The molecule has 0 fully saturated rings. The smallest absolute Gasteiger partial charge is 0.0433 e. The first-order valence-electron chi connectivity index (χ1n) is 13.8. The fourth-order valence-corrected chi connectivity index (χ4v) is 7.01. The largest absolute Gasteiger partial charge is 0.355 e. The summed E-state index contributed by atoms with van der Waals surface area (Å²) in [6.45, 7) is 0. The summed E-state index contributed by atoms with van der Waals surface area (Å²) >= 11 is 1.86. The zero-order valence-electron chi connectivity index (χ0n) is 22.3. The summed E-state index contributed by atoms with van der Waals surface area (Å²) in [4.78, 5) is 0. The van der Waals surface area contributed by atoms with Crippen LogP contribution in [0.3, 0.4) is 0 Å². The molecule has 0 bridgehead atoms. The van der Waals surface area contributed by atoms with Gasteiger partial charge in [0.25, 0.3) is 0 Å². The molecule has 0 aliphatic carbocycles. The van der Waals surface area contributed by atoms with Gasteiger partial charge in [-0.15, -0.1) is 11.3 Å². The van der Waals surface area contributed by atoms with Crippen molar-refractivity contribution in [3.05, 3.63) is 146 Å². The molecule has 7 aromatic carbocycles. The molecular weight excluding hydrogens is 516 g/mol. The first kappa shape index (κ1) is 23.7. The van der Waals surface area contributed by atoms with Gasteiger partial charge in [-0.25, -0.2) is 0 Å². The van der Waals surface area contributed by atoms with E-state index in [-0.39, 0.29) is 0 Å². The predicted molar refractivity (Wildman–Crippen MR) is 179 cm³/mol. The van der Waals surface area contributed by atoms with Crippen LogP contribution in [0.1, 0.15) is 0 Å². The van der Waals surface area contributed by atoms with Gasteiger partial charge in [0, 0.05) is 42.9 Å². The number of anilines is 4. The highest BCUT2D eigenvalue weighted by Gasteiger charge is 2.12. The maximum absolute atomic E-state index is 3.70. The average molecular weight is 543 g/mol. The standard InChI is InChI=1S/C38H26N2S/c1-3-10-27-20-30(18-16-25(27)8-1)39-32-22-29(34-13-7-14-36-35-12-5-6-15-37(35)41-38(34)36)23-33(24-32)40-31-19-17-26-9-2-4-11-28(26)21-31/h1-24,39-40H. The Morgan fingerprint density at radius 2 is 0.951 bits per heavy atom. The summed E-state index contributed by atoms with van der Waals surface area (Å²) in [5, 5.41) is 14.9. The molecule has 8 rings (SSSR count). The van der Waals surface area contributed by atoms with E-state index in [9.17, 15) is 0 Å². The molecule has 0 radical (unpaired) electrons.